The van der Waals surface area contributed by atoms with Crippen molar-refractivity contribution < 1.29 is 9.90 Å². The summed E-state index contributed by atoms with van der Waals surface area (Å²) in [6.07, 6.45) is 0.509. The number of hydrogen-bond donors (Lipinski definition) is 1. The van der Waals surface area contributed by atoms with Crippen LogP contribution < -0.4 is 0 Å². The van der Waals surface area contributed by atoms with Gasteiger partial charge in [0.05, 0.1) is 18.2 Å². The van der Waals surface area contributed by atoms with E-state index < -0.39 is 0 Å². The summed E-state index contributed by atoms with van der Waals surface area (Å²) in [7, 11) is 1.76. The highest BCUT2D eigenvalue weighted by molar-refractivity contribution is 7.13. The number of rotatable bonds is 6. The Bertz CT molecular complexity index is 620. The van der Waals surface area contributed by atoms with Crippen LogP contribution >= 0.6 is 11.3 Å². The Morgan fingerprint density at radius 2 is 2.05 bits per heavy atom. The molecule has 0 radical (unpaired) electrons. The summed E-state index contributed by atoms with van der Waals surface area (Å²) in [6.45, 7) is 4.34. The maximum atomic E-state index is 12.1. The molecule has 4 nitrogen and oxygen atoms in total. The van der Waals surface area contributed by atoms with Gasteiger partial charge >= 0.3 is 0 Å². The third-order valence-corrected chi connectivity index (χ3v) is 4.43. The molecule has 0 fully saturated rings. The van der Waals surface area contributed by atoms with Gasteiger partial charge in [0.15, 0.2) is 0 Å². The third kappa shape index (κ3) is 4.64. The van der Waals surface area contributed by atoms with Gasteiger partial charge in [-0.1, -0.05) is 29.8 Å². The minimum absolute atomic E-state index is 0.0291. The van der Waals surface area contributed by atoms with E-state index in [1.807, 2.05) is 5.38 Å². The number of aliphatic hydroxyl groups is 1. The second kappa shape index (κ2) is 7.51. The van der Waals surface area contributed by atoms with Crippen LogP contribution in [-0.2, 0) is 11.2 Å². The highest BCUT2D eigenvalue weighted by Gasteiger charge is 2.13. The number of amides is 1. The number of carbonyl (C=O) groups is 1. The van der Waals surface area contributed by atoms with Crippen molar-refractivity contribution in [1.29, 1.82) is 0 Å². The molecule has 1 N–H and O–H groups in total. The number of nitrogens with zero attached hydrogens (tertiary/aromatic N) is 2. The number of thiazole rings is 1. The van der Waals surface area contributed by atoms with E-state index in [0.29, 0.717) is 19.4 Å². The van der Waals surface area contributed by atoms with Crippen molar-refractivity contribution in [3.63, 3.8) is 0 Å². The predicted octanol–water partition coefficient (Wildman–Crippen LogP) is 2.89. The Hall–Kier alpha value is -1.72. The van der Waals surface area contributed by atoms with Gasteiger partial charge in [0.2, 0.25) is 5.91 Å². The quantitative estimate of drug-likeness (QED) is 0.891. The van der Waals surface area contributed by atoms with Gasteiger partial charge in [0.25, 0.3) is 0 Å². The Labute approximate surface area is 135 Å². The van der Waals surface area contributed by atoms with E-state index in [2.05, 4.69) is 36.2 Å². The summed E-state index contributed by atoms with van der Waals surface area (Å²) in [5.41, 5.74) is 3.10. The molecule has 0 bridgehead atoms. The molecule has 1 aromatic carbocycles. The number of aromatic nitrogens is 1. The first-order chi connectivity index (χ1) is 10.5. The van der Waals surface area contributed by atoms with Crippen LogP contribution in [-0.4, -0.2) is 40.6 Å². The molecule has 1 unspecified atom stereocenters. The van der Waals surface area contributed by atoms with E-state index in [1.165, 1.54) is 5.56 Å². The van der Waals surface area contributed by atoms with Crippen molar-refractivity contribution in [2.75, 3.05) is 13.6 Å². The van der Waals surface area contributed by atoms with E-state index in [1.54, 1.807) is 30.2 Å². The number of likely N-dealkylation sites (N-methyl/N-ethyl adjacent to an activating group) is 1. The van der Waals surface area contributed by atoms with Crippen LogP contribution in [0.2, 0.25) is 0 Å². The van der Waals surface area contributed by atoms with Gasteiger partial charge in [-0.2, -0.15) is 0 Å². The topological polar surface area (TPSA) is 53.4 Å². The van der Waals surface area contributed by atoms with E-state index in [0.717, 1.165) is 16.3 Å². The number of hydrogen-bond acceptors (Lipinski definition) is 4. The average molecular weight is 318 g/mol. The summed E-state index contributed by atoms with van der Waals surface area (Å²) < 4.78 is 0. The monoisotopic (exact) mass is 318 g/mol. The zero-order chi connectivity index (χ0) is 16.1. The first kappa shape index (κ1) is 16.6. The summed E-state index contributed by atoms with van der Waals surface area (Å²) in [6, 6.07) is 8.22. The molecule has 0 spiro atoms. The Kier molecular flexibility index (Phi) is 5.69. The number of carbonyl (C=O) groups excluding carboxylic acids is 1. The van der Waals surface area contributed by atoms with Crippen LogP contribution in [0.1, 0.15) is 24.6 Å². The summed E-state index contributed by atoms with van der Waals surface area (Å²) in [5, 5.41) is 12.2. The lowest BCUT2D eigenvalue weighted by Gasteiger charge is -2.17. The van der Waals surface area contributed by atoms with Gasteiger partial charge in [0, 0.05) is 24.5 Å². The lowest BCUT2D eigenvalue weighted by molar-refractivity contribution is -0.129. The van der Waals surface area contributed by atoms with Crippen LogP contribution in [0.25, 0.3) is 10.6 Å². The maximum Gasteiger partial charge on any atom is 0.228 e. The molecule has 5 heteroatoms. The van der Waals surface area contributed by atoms with E-state index in [9.17, 15) is 9.90 Å². The highest BCUT2D eigenvalue weighted by atomic mass is 32.1. The molecule has 118 valence electrons. The van der Waals surface area contributed by atoms with E-state index in [-0.39, 0.29) is 12.0 Å². The summed E-state index contributed by atoms with van der Waals surface area (Å²) in [5.74, 6) is 0.0291. The summed E-state index contributed by atoms with van der Waals surface area (Å²) >= 11 is 1.56. The molecule has 1 aromatic heterocycles. The van der Waals surface area contributed by atoms with Gasteiger partial charge in [-0.3, -0.25) is 4.79 Å². The van der Waals surface area contributed by atoms with E-state index in [4.69, 9.17) is 0 Å². The van der Waals surface area contributed by atoms with Gasteiger partial charge in [0.1, 0.15) is 5.01 Å². The third-order valence-electron chi connectivity index (χ3n) is 3.49. The number of aliphatic hydroxyl groups excluding tert-OH is 1. The standard InChI is InChI=1S/C17H22N2O2S/c1-12-4-6-14(7-5-12)17-18-15(11-22-17)10-16(21)19(3)9-8-13(2)20/h4-7,11,13,20H,8-10H2,1-3H3. The van der Waals surface area contributed by atoms with Crippen LogP contribution in [0.4, 0.5) is 0 Å². The number of benzene rings is 1. The number of aryl methyl sites for hydroxylation is 1. The molecule has 1 atom stereocenters. The van der Waals surface area contributed by atoms with E-state index >= 15 is 0 Å². The molecule has 0 aliphatic heterocycles. The molecule has 0 saturated carbocycles. The van der Waals surface area contributed by atoms with Crippen molar-refractivity contribution in [3.05, 3.63) is 40.9 Å². The largest absolute Gasteiger partial charge is 0.393 e. The lowest BCUT2D eigenvalue weighted by atomic mass is 10.2. The second-order valence-electron chi connectivity index (χ2n) is 5.64. The van der Waals surface area contributed by atoms with Crippen molar-refractivity contribution in [2.24, 2.45) is 0 Å². The normalized spacial score (nSPS) is 12.2. The van der Waals surface area contributed by atoms with Crippen molar-refractivity contribution in [1.82, 2.24) is 9.88 Å². The van der Waals surface area contributed by atoms with Crippen molar-refractivity contribution >= 4 is 17.2 Å². The zero-order valence-electron chi connectivity index (χ0n) is 13.2. The molecule has 0 aliphatic rings. The fourth-order valence-corrected chi connectivity index (χ4v) is 2.84. The van der Waals surface area contributed by atoms with Gasteiger partial charge in [-0.15, -0.1) is 11.3 Å². The first-order valence-electron chi connectivity index (χ1n) is 7.39. The fraction of sp³-hybridized carbons (Fsp3) is 0.412. The van der Waals surface area contributed by atoms with Gasteiger partial charge in [-0.25, -0.2) is 4.98 Å². The van der Waals surface area contributed by atoms with Crippen molar-refractivity contribution in [3.8, 4) is 10.6 Å². The molecule has 0 aliphatic carbocycles. The van der Waals surface area contributed by atoms with Crippen LogP contribution in [0.3, 0.4) is 0 Å². The zero-order valence-corrected chi connectivity index (χ0v) is 14.1. The molecule has 22 heavy (non-hydrogen) atoms. The Morgan fingerprint density at radius 3 is 2.68 bits per heavy atom. The van der Waals surface area contributed by atoms with Crippen LogP contribution in [0, 0.1) is 6.92 Å². The second-order valence-corrected chi connectivity index (χ2v) is 6.50. The SMILES string of the molecule is Cc1ccc(-c2nc(CC(=O)N(C)CCC(C)O)cs2)cc1. The molecular weight excluding hydrogens is 296 g/mol. The highest BCUT2D eigenvalue weighted by Crippen LogP contribution is 2.24. The smallest absolute Gasteiger partial charge is 0.228 e. The minimum Gasteiger partial charge on any atom is -0.393 e. The summed E-state index contributed by atoms with van der Waals surface area (Å²) in [4.78, 5) is 18.3. The van der Waals surface area contributed by atoms with Crippen LogP contribution in [0.15, 0.2) is 29.6 Å². The van der Waals surface area contributed by atoms with Crippen LogP contribution in [0.5, 0.6) is 0 Å². The van der Waals surface area contributed by atoms with Gasteiger partial charge in [-0.05, 0) is 20.3 Å². The molecule has 2 aromatic rings. The van der Waals surface area contributed by atoms with Gasteiger partial charge < -0.3 is 10.0 Å². The van der Waals surface area contributed by atoms with Crippen molar-refractivity contribution in [2.45, 2.75) is 32.8 Å². The molecule has 1 heterocycles. The predicted molar refractivity (Wildman–Crippen MR) is 89.9 cm³/mol. The maximum absolute atomic E-state index is 12.1. The Morgan fingerprint density at radius 1 is 1.36 bits per heavy atom. The Balaban J connectivity index is 1.97. The molecule has 1 amide bonds. The average Bonchev–Trinajstić information content (AvgIpc) is 2.93. The minimum atomic E-state index is -0.386. The fourth-order valence-electron chi connectivity index (χ4n) is 2.01. The molecular formula is C17H22N2O2S. The molecule has 0 saturated heterocycles. The first-order valence-corrected chi connectivity index (χ1v) is 8.27. The lowest BCUT2D eigenvalue weighted by Crippen LogP contribution is -2.30. The molecule has 2 rings (SSSR count).